The third kappa shape index (κ3) is 2.71. The lowest BCUT2D eigenvalue weighted by atomic mass is 9.78. The van der Waals surface area contributed by atoms with E-state index < -0.39 is 0 Å². The maximum absolute atomic E-state index is 9.98. The van der Waals surface area contributed by atoms with E-state index in [1.54, 1.807) is 12.1 Å². The SMILES string of the molecule is Nc1ccc(O)c(CN2CCCC3CCCCC32)c1. The minimum atomic E-state index is 0.382. The molecule has 104 valence electrons. The van der Waals surface area contributed by atoms with E-state index in [1.165, 1.54) is 38.5 Å². The summed E-state index contributed by atoms with van der Waals surface area (Å²) in [5.41, 5.74) is 7.55. The van der Waals surface area contributed by atoms with Gasteiger partial charge in [0, 0.05) is 23.8 Å². The smallest absolute Gasteiger partial charge is 0.120 e. The number of piperidine rings is 1. The van der Waals surface area contributed by atoms with Crippen molar-refractivity contribution in [3.63, 3.8) is 0 Å². The summed E-state index contributed by atoms with van der Waals surface area (Å²) in [6.45, 7) is 2.01. The first kappa shape index (κ1) is 12.8. The summed E-state index contributed by atoms with van der Waals surface area (Å²) in [4.78, 5) is 2.57. The van der Waals surface area contributed by atoms with E-state index in [0.29, 0.717) is 5.75 Å². The van der Waals surface area contributed by atoms with E-state index in [4.69, 9.17) is 5.73 Å². The maximum atomic E-state index is 9.98. The molecule has 0 amide bonds. The molecule has 1 aromatic rings. The van der Waals surface area contributed by atoms with Gasteiger partial charge in [0.25, 0.3) is 0 Å². The minimum Gasteiger partial charge on any atom is -0.508 e. The van der Waals surface area contributed by atoms with Crippen LogP contribution in [0.3, 0.4) is 0 Å². The Hall–Kier alpha value is -1.22. The van der Waals surface area contributed by atoms with Crippen LogP contribution in [0.5, 0.6) is 5.75 Å². The van der Waals surface area contributed by atoms with Crippen LogP contribution >= 0.6 is 0 Å². The van der Waals surface area contributed by atoms with E-state index in [0.717, 1.165) is 36.3 Å². The topological polar surface area (TPSA) is 49.5 Å². The van der Waals surface area contributed by atoms with Gasteiger partial charge >= 0.3 is 0 Å². The Labute approximate surface area is 115 Å². The average molecular weight is 260 g/mol. The molecule has 0 bridgehead atoms. The van der Waals surface area contributed by atoms with Crippen molar-refractivity contribution in [2.75, 3.05) is 12.3 Å². The Morgan fingerprint density at radius 1 is 1.16 bits per heavy atom. The van der Waals surface area contributed by atoms with Gasteiger partial charge in [-0.2, -0.15) is 0 Å². The van der Waals surface area contributed by atoms with Crippen LogP contribution in [0.25, 0.3) is 0 Å². The summed E-state index contributed by atoms with van der Waals surface area (Å²) >= 11 is 0. The van der Waals surface area contributed by atoms with E-state index in [-0.39, 0.29) is 0 Å². The van der Waals surface area contributed by atoms with Crippen molar-refractivity contribution in [2.45, 2.75) is 51.1 Å². The lowest BCUT2D eigenvalue weighted by molar-refractivity contribution is 0.0542. The lowest BCUT2D eigenvalue weighted by Gasteiger charge is -2.44. The first-order valence-electron chi connectivity index (χ1n) is 7.55. The van der Waals surface area contributed by atoms with Crippen LogP contribution < -0.4 is 5.73 Å². The standard InChI is InChI=1S/C16H24N2O/c17-14-7-8-16(19)13(10-14)11-18-9-3-5-12-4-1-2-6-15(12)18/h7-8,10,12,15,19H,1-6,9,11,17H2. The number of phenolic OH excluding ortho intramolecular Hbond substituents is 1. The highest BCUT2D eigenvalue weighted by Crippen LogP contribution is 2.36. The predicted octanol–water partition coefficient (Wildman–Crippen LogP) is 3.13. The maximum Gasteiger partial charge on any atom is 0.120 e. The Balaban J connectivity index is 1.75. The van der Waals surface area contributed by atoms with Crippen molar-refractivity contribution in [2.24, 2.45) is 5.92 Å². The molecule has 3 rings (SSSR count). The number of benzene rings is 1. The van der Waals surface area contributed by atoms with Gasteiger partial charge in [-0.05, 0) is 56.3 Å². The number of nitrogen functional groups attached to an aromatic ring is 1. The van der Waals surface area contributed by atoms with Gasteiger partial charge in [-0.15, -0.1) is 0 Å². The van der Waals surface area contributed by atoms with Crippen LogP contribution in [0.2, 0.25) is 0 Å². The summed E-state index contributed by atoms with van der Waals surface area (Å²) in [6, 6.07) is 6.12. The molecule has 1 saturated carbocycles. The molecule has 2 fully saturated rings. The van der Waals surface area contributed by atoms with Gasteiger partial charge in [-0.1, -0.05) is 12.8 Å². The predicted molar refractivity (Wildman–Crippen MR) is 77.9 cm³/mol. The van der Waals surface area contributed by atoms with Crippen molar-refractivity contribution >= 4 is 5.69 Å². The minimum absolute atomic E-state index is 0.382. The van der Waals surface area contributed by atoms with Crippen molar-refractivity contribution < 1.29 is 5.11 Å². The van der Waals surface area contributed by atoms with Crippen molar-refractivity contribution in [3.05, 3.63) is 23.8 Å². The second-order valence-corrected chi connectivity index (χ2v) is 6.11. The monoisotopic (exact) mass is 260 g/mol. The van der Waals surface area contributed by atoms with E-state index in [2.05, 4.69) is 4.90 Å². The van der Waals surface area contributed by atoms with Crippen LogP contribution in [-0.4, -0.2) is 22.6 Å². The molecule has 1 aromatic carbocycles. The highest BCUT2D eigenvalue weighted by molar-refractivity contribution is 5.47. The molecule has 1 heterocycles. The van der Waals surface area contributed by atoms with E-state index in [9.17, 15) is 5.11 Å². The number of hydrogen-bond acceptors (Lipinski definition) is 3. The molecule has 2 unspecified atom stereocenters. The summed E-state index contributed by atoms with van der Waals surface area (Å²) in [5.74, 6) is 1.26. The van der Waals surface area contributed by atoms with Crippen molar-refractivity contribution in [3.8, 4) is 5.75 Å². The molecule has 3 N–H and O–H groups in total. The molecule has 19 heavy (non-hydrogen) atoms. The highest BCUT2D eigenvalue weighted by Gasteiger charge is 2.33. The number of fused-ring (bicyclic) bond motifs is 1. The third-order valence-electron chi connectivity index (χ3n) is 4.84. The van der Waals surface area contributed by atoms with Gasteiger partial charge in [0.05, 0.1) is 0 Å². The number of nitrogens with zero attached hydrogens (tertiary/aromatic N) is 1. The highest BCUT2D eigenvalue weighted by atomic mass is 16.3. The van der Waals surface area contributed by atoms with Crippen LogP contribution in [0.1, 0.15) is 44.1 Å². The first-order chi connectivity index (χ1) is 9.24. The van der Waals surface area contributed by atoms with Crippen molar-refractivity contribution in [1.29, 1.82) is 0 Å². The summed E-state index contributed by atoms with van der Waals surface area (Å²) in [7, 11) is 0. The first-order valence-corrected chi connectivity index (χ1v) is 7.55. The molecule has 3 heteroatoms. The second kappa shape index (κ2) is 5.41. The number of nitrogens with two attached hydrogens (primary N) is 1. The molecule has 2 atom stereocenters. The fraction of sp³-hybridized carbons (Fsp3) is 0.625. The Kier molecular flexibility index (Phi) is 3.65. The number of aromatic hydroxyl groups is 1. The number of phenols is 1. The van der Waals surface area contributed by atoms with E-state index in [1.807, 2.05) is 6.07 Å². The van der Waals surface area contributed by atoms with Gasteiger partial charge in [0.15, 0.2) is 0 Å². The van der Waals surface area contributed by atoms with Crippen molar-refractivity contribution in [1.82, 2.24) is 4.90 Å². The van der Waals surface area contributed by atoms with Gasteiger partial charge in [-0.25, -0.2) is 0 Å². The summed E-state index contributed by atoms with van der Waals surface area (Å²) < 4.78 is 0. The van der Waals surface area contributed by atoms with Gasteiger partial charge in [0.2, 0.25) is 0 Å². The molecular formula is C16H24N2O. The molecular weight excluding hydrogens is 236 g/mol. The largest absolute Gasteiger partial charge is 0.508 e. The van der Waals surface area contributed by atoms with Crippen LogP contribution in [0, 0.1) is 5.92 Å². The van der Waals surface area contributed by atoms with Gasteiger partial charge in [0.1, 0.15) is 5.75 Å². The van der Waals surface area contributed by atoms with Gasteiger partial charge in [-0.3, -0.25) is 4.90 Å². The Morgan fingerprint density at radius 3 is 2.84 bits per heavy atom. The zero-order chi connectivity index (χ0) is 13.2. The Morgan fingerprint density at radius 2 is 1.95 bits per heavy atom. The molecule has 3 nitrogen and oxygen atoms in total. The van der Waals surface area contributed by atoms with Gasteiger partial charge < -0.3 is 10.8 Å². The Bertz CT molecular complexity index is 444. The second-order valence-electron chi connectivity index (χ2n) is 6.11. The summed E-state index contributed by atoms with van der Waals surface area (Å²) in [5, 5.41) is 9.98. The van der Waals surface area contributed by atoms with Crippen LogP contribution in [0.4, 0.5) is 5.69 Å². The van der Waals surface area contributed by atoms with Crippen LogP contribution in [0.15, 0.2) is 18.2 Å². The summed E-state index contributed by atoms with van der Waals surface area (Å²) in [6.07, 6.45) is 8.17. The van der Waals surface area contributed by atoms with E-state index >= 15 is 0 Å². The molecule has 1 saturated heterocycles. The normalized spacial score (nSPS) is 28.0. The fourth-order valence-corrected chi connectivity index (χ4v) is 3.88. The average Bonchev–Trinajstić information content (AvgIpc) is 2.43. The zero-order valence-corrected chi connectivity index (χ0v) is 11.5. The molecule has 1 aliphatic carbocycles. The number of hydrogen-bond donors (Lipinski definition) is 2. The molecule has 2 aliphatic rings. The number of rotatable bonds is 2. The molecule has 0 aromatic heterocycles. The lowest BCUT2D eigenvalue weighted by Crippen LogP contribution is -2.46. The quantitative estimate of drug-likeness (QED) is 0.634. The zero-order valence-electron chi connectivity index (χ0n) is 11.5. The molecule has 0 radical (unpaired) electrons. The number of anilines is 1. The molecule has 0 spiro atoms. The molecule has 1 aliphatic heterocycles. The third-order valence-corrected chi connectivity index (χ3v) is 4.84. The fourth-order valence-electron chi connectivity index (χ4n) is 3.88. The number of likely N-dealkylation sites (tertiary alicyclic amines) is 1. The van der Waals surface area contributed by atoms with Crippen LogP contribution in [-0.2, 0) is 6.54 Å².